The number of rotatable bonds is 9. The Balaban J connectivity index is 1.82. The molecule has 0 radical (unpaired) electrons. The molecule has 2 aromatic carbocycles. The lowest BCUT2D eigenvalue weighted by Crippen LogP contribution is -2.36. The minimum atomic E-state index is -0.0000126. The lowest BCUT2D eigenvalue weighted by Gasteiger charge is -2.19. The molecule has 0 fully saturated rings. The molecule has 0 heterocycles. The number of carbonyl (C=O) groups is 1. The van der Waals surface area contributed by atoms with Gasteiger partial charge in [-0.1, -0.05) is 50.2 Å². The van der Waals surface area contributed by atoms with E-state index in [-0.39, 0.29) is 11.9 Å². The number of nitrogens with zero attached hydrogens (tertiary/aromatic N) is 1. The van der Waals surface area contributed by atoms with E-state index in [0.29, 0.717) is 12.5 Å². The molecule has 0 aliphatic rings. The first-order valence-corrected chi connectivity index (χ1v) is 9.57. The Hall–Kier alpha value is -2.33. The third-order valence-electron chi connectivity index (χ3n) is 4.53. The Morgan fingerprint density at radius 3 is 2.15 bits per heavy atom. The zero-order valence-electron chi connectivity index (χ0n) is 17.2. The van der Waals surface area contributed by atoms with E-state index in [2.05, 4.69) is 43.4 Å². The summed E-state index contributed by atoms with van der Waals surface area (Å²) in [4.78, 5) is 14.4. The van der Waals surface area contributed by atoms with Gasteiger partial charge in [0.05, 0.1) is 19.7 Å². The van der Waals surface area contributed by atoms with E-state index in [9.17, 15) is 4.79 Å². The van der Waals surface area contributed by atoms with Crippen molar-refractivity contribution in [2.75, 3.05) is 20.7 Å². The van der Waals surface area contributed by atoms with Gasteiger partial charge in [0, 0.05) is 6.54 Å². The highest BCUT2D eigenvalue weighted by atomic mass is 16.5. The van der Waals surface area contributed by atoms with Gasteiger partial charge in [0.1, 0.15) is 5.75 Å². The van der Waals surface area contributed by atoms with Crippen LogP contribution in [-0.2, 0) is 17.8 Å². The fourth-order valence-corrected chi connectivity index (χ4v) is 3.13. The van der Waals surface area contributed by atoms with E-state index >= 15 is 0 Å². The zero-order chi connectivity index (χ0) is 19.8. The van der Waals surface area contributed by atoms with Crippen molar-refractivity contribution in [3.05, 3.63) is 65.2 Å². The van der Waals surface area contributed by atoms with Gasteiger partial charge >= 0.3 is 0 Å². The first-order chi connectivity index (χ1) is 12.9. The molecule has 0 aliphatic heterocycles. The summed E-state index contributed by atoms with van der Waals surface area (Å²) in [6.45, 7) is 7.55. The number of benzene rings is 2. The number of carbonyl (C=O) groups excluding carboxylic acids is 1. The van der Waals surface area contributed by atoms with E-state index < -0.39 is 0 Å². The van der Waals surface area contributed by atoms with Crippen molar-refractivity contribution in [2.24, 2.45) is 5.92 Å². The van der Waals surface area contributed by atoms with E-state index in [1.165, 1.54) is 5.56 Å². The smallest absolute Gasteiger partial charge is 0.234 e. The van der Waals surface area contributed by atoms with Gasteiger partial charge < -0.3 is 10.1 Å². The van der Waals surface area contributed by atoms with Crippen molar-refractivity contribution in [2.45, 2.75) is 39.8 Å². The average Bonchev–Trinajstić information content (AvgIpc) is 2.62. The molecule has 2 aromatic rings. The summed E-state index contributed by atoms with van der Waals surface area (Å²) in [5.74, 6) is 1.52. The van der Waals surface area contributed by atoms with Crippen LogP contribution < -0.4 is 10.1 Å². The molecule has 2 rings (SSSR count). The molecule has 146 valence electrons. The zero-order valence-corrected chi connectivity index (χ0v) is 17.2. The van der Waals surface area contributed by atoms with Crippen LogP contribution in [0.5, 0.6) is 5.75 Å². The summed E-state index contributed by atoms with van der Waals surface area (Å²) >= 11 is 0. The molecule has 1 atom stereocenters. The molecule has 0 unspecified atom stereocenters. The SMILES string of the molecule is COc1ccc(CN(C)CC(=O)N[C@H](C)c2ccc(CC(C)C)cc2)cc1. The Bertz CT molecular complexity index is 708. The Kier molecular flexibility index (Phi) is 7.86. The van der Waals surface area contributed by atoms with E-state index in [1.54, 1.807) is 7.11 Å². The van der Waals surface area contributed by atoms with Crippen LogP contribution in [0.15, 0.2) is 48.5 Å². The van der Waals surface area contributed by atoms with Gasteiger partial charge in [-0.25, -0.2) is 0 Å². The van der Waals surface area contributed by atoms with Crippen molar-refractivity contribution >= 4 is 5.91 Å². The Morgan fingerprint density at radius 1 is 1.00 bits per heavy atom. The van der Waals surface area contributed by atoms with Crippen molar-refractivity contribution in [1.82, 2.24) is 10.2 Å². The summed E-state index contributed by atoms with van der Waals surface area (Å²) in [6.07, 6.45) is 1.08. The van der Waals surface area contributed by atoms with Crippen LogP contribution in [0.3, 0.4) is 0 Å². The minimum Gasteiger partial charge on any atom is -0.497 e. The minimum absolute atomic E-state index is 0.0000126. The predicted octanol–water partition coefficient (Wildman–Crippen LogP) is 4.20. The van der Waals surface area contributed by atoms with Gasteiger partial charge in [-0.2, -0.15) is 0 Å². The van der Waals surface area contributed by atoms with E-state index in [4.69, 9.17) is 4.74 Å². The molecular formula is C23H32N2O2. The maximum Gasteiger partial charge on any atom is 0.234 e. The molecule has 0 spiro atoms. The third kappa shape index (κ3) is 7.06. The Labute approximate surface area is 163 Å². The van der Waals surface area contributed by atoms with Gasteiger partial charge in [0.25, 0.3) is 0 Å². The molecule has 1 amide bonds. The molecule has 0 bridgehead atoms. The normalized spacial score (nSPS) is 12.3. The van der Waals surface area contributed by atoms with Gasteiger partial charge in [-0.05, 0) is 55.1 Å². The first-order valence-electron chi connectivity index (χ1n) is 9.57. The largest absolute Gasteiger partial charge is 0.497 e. The number of hydrogen-bond donors (Lipinski definition) is 1. The molecule has 0 saturated carbocycles. The van der Waals surface area contributed by atoms with Crippen LogP contribution in [0.1, 0.15) is 43.5 Å². The monoisotopic (exact) mass is 368 g/mol. The van der Waals surface area contributed by atoms with Gasteiger partial charge in [0.15, 0.2) is 0 Å². The highest BCUT2D eigenvalue weighted by Gasteiger charge is 2.12. The molecule has 4 nitrogen and oxygen atoms in total. The summed E-state index contributed by atoms with van der Waals surface area (Å²) in [7, 11) is 3.61. The molecule has 27 heavy (non-hydrogen) atoms. The van der Waals surface area contributed by atoms with Crippen LogP contribution in [0.2, 0.25) is 0 Å². The van der Waals surface area contributed by atoms with Crippen LogP contribution in [0, 0.1) is 5.92 Å². The first kappa shape index (κ1) is 21.0. The number of methoxy groups -OCH3 is 1. The fourth-order valence-electron chi connectivity index (χ4n) is 3.13. The molecular weight excluding hydrogens is 336 g/mol. The van der Waals surface area contributed by atoms with Gasteiger partial charge in [-0.3, -0.25) is 9.69 Å². The molecule has 0 aromatic heterocycles. The second kappa shape index (κ2) is 10.1. The maximum absolute atomic E-state index is 12.4. The summed E-state index contributed by atoms with van der Waals surface area (Å²) < 4.78 is 5.17. The fraction of sp³-hybridized carbons (Fsp3) is 0.435. The number of amides is 1. The second-order valence-electron chi connectivity index (χ2n) is 7.65. The predicted molar refractivity (Wildman–Crippen MR) is 111 cm³/mol. The van der Waals surface area contributed by atoms with Crippen LogP contribution in [0.25, 0.3) is 0 Å². The summed E-state index contributed by atoms with van der Waals surface area (Å²) in [6, 6.07) is 16.5. The maximum atomic E-state index is 12.4. The van der Waals surface area contributed by atoms with E-state index in [0.717, 1.165) is 29.8 Å². The summed E-state index contributed by atoms with van der Waals surface area (Å²) in [5.41, 5.74) is 3.63. The number of likely N-dealkylation sites (N-methyl/N-ethyl adjacent to an activating group) is 1. The lowest BCUT2D eigenvalue weighted by molar-refractivity contribution is -0.122. The molecule has 0 aliphatic carbocycles. The molecule has 4 heteroatoms. The van der Waals surface area contributed by atoms with Crippen LogP contribution >= 0.6 is 0 Å². The number of hydrogen-bond acceptors (Lipinski definition) is 3. The van der Waals surface area contributed by atoms with Crippen LogP contribution in [0.4, 0.5) is 0 Å². The third-order valence-corrected chi connectivity index (χ3v) is 4.53. The number of nitrogens with one attached hydrogen (secondary N) is 1. The lowest BCUT2D eigenvalue weighted by atomic mass is 10.00. The standard InChI is InChI=1S/C23H32N2O2/c1-17(2)14-19-6-10-21(11-7-19)18(3)24-23(26)16-25(4)15-20-8-12-22(27-5)13-9-20/h6-13,17-18H,14-16H2,1-5H3,(H,24,26)/t18-/m1/s1. The van der Waals surface area contributed by atoms with Crippen molar-refractivity contribution in [1.29, 1.82) is 0 Å². The summed E-state index contributed by atoms with van der Waals surface area (Å²) in [5, 5.41) is 3.09. The highest BCUT2D eigenvalue weighted by Crippen LogP contribution is 2.16. The van der Waals surface area contributed by atoms with Crippen molar-refractivity contribution < 1.29 is 9.53 Å². The molecule has 0 saturated heterocycles. The van der Waals surface area contributed by atoms with Gasteiger partial charge in [-0.15, -0.1) is 0 Å². The average molecular weight is 369 g/mol. The van der Waals surface area contributed by atoms with Crippen molar-refractivity contribution in [3.8, 4) is 5.75 Å². The van der Waals surface area contributed by atoms with Crippen LogP contribution in [-0.4, -0.2) is 31.5 Å². The Morgan fingerprint density at radius 2 is 1.59 bits per heavy atom. The topological polar surface area (TPSA) is 41.6 Å². The van der Waals surface area contributed by atoms with Gasteiger partial charge in [0.2, 0.25) is 5.91 Å². The highest BCUT2D eigenvalue weighted by molar-refractivity contribution is 5.78. The van der Waals surface area contributed by atoms with E-state index in [1.807, 2.05) is 43.1 Å². The quantitative estimate of drug-likeness (QED) is 0.721. The number of ether oxygens (including phenoxy) is 1. The van der Waals surface area contributed by atoms with Crippen molar-refractivity contribution in [3.63, 3.8) is 0 Å². The molecule has 1 N–H and O–H groups in total. The second-order valence-corrected chi connectivity index (χ2v) is 7.65.